The molecular formula is C23H36O5S. The number of unbranched alkanes of at least 4 members (excludes halogenated alkanes) is 7. The van der Waals surface area contributed by atoms with Crippen LogP contribution in [0.1, 0.15) is 98.5 Å². The van der Waals surface area contributed by atoms with Crippen molar-refractivity contribution in [2.45, 2.75) is 90.4 Å². The van der Waals surface area contributed by atoms with Crippen LogP contribution >= 0.6 is 11.3 Å². The van der Waals surface area contributed by atoms with Gasteiger partial charge in [0, 0.05) is 24.1 Å². The van der Waals surface area contributed by atoms with Crippen molar-refractivity contribution in [3.05, 3.63) is 21.9 Å². The van der Waals surface area contributed by atoms with Crippen molar-refractivity contribution in [3.63, 3.8) is 0 Å². The Morgan fingerprint density at radius 2 is 1.38 bits per heavy atom. The zero-order valence-corrected chi connectivity index (χ0v) is 18.8. The summed E-state index contributed by atoms with van der Waals surface area (Å²) < 4.78 is 9.54. The molecule has 0 saturated carbocycles. The standard InChI is InChI=1S/C23H36O5S/c1-3-28-23(26)16-12-8-7-10-14-20(24)21-18-17-19(29-21)13-9-5-4-6-11-15-22(25)27-2/h17-18H,3-16H2,1-2H3. The fourth-order valence-electron chi connectivity index (χ4n) is 3.13. The predicted octanol–water partition coefficient (Wildman–Crippen LogP) is 5.89. The molecule has 0 aliphatic carbocycles. The number of Topliss-reactive ketones (excluding diaryl/α,β-unsaturated/α-hetero) is 1. The molecule has 0 spiro atoms. The summed E-state index contributed by atoms with van der Waals surface area (Å²) in [4.78, 5) is 36.7. The molecular weight excluding hydrogens is 388 g/mol. The lowest BCUT2D eigenvalue weighted by Crippen LogP contribution is -2.03. The lowest BCUT2D eigenvalue weighted by atomic mass is 10.1. The van der Waals surface area contributed by atoms with Crippen LogP contribution in [0.15, 0.2) is 12.1 Å². The number of methoxy groups -OCH3 is 1. The molecule has 29 heavy (non-hydrogen) atoms. The summed E-state index contributed by atoms with van der Waals surface area (Å²) in [5.41, 5.74) is 0. The summed E-state index contributed by atoms with van der Waals surface area (Å²) >= 11 is 1.62. The van der Waals surface area contributed by atoms with Crippen LogP contribution < -0.4 is 0 Å². The Bertz CT molecular complexity index is 608. The van der Waals surface area contributed by atoms with Crippen molar-refractivity contribution < 1.29 is 23.9 Å². The van der Waals surface area contributed by atoms with E-state index in [-0.39, 0.29) is 17.7 Å². The van der Waals surface area contributed by atoms with Crippen molar-refractivity contribution in [2.24, 2.45) is 0 Å². The van der Waals surface area contributed by atoms with Crippen LogP contribution in [0.2, 0.25) is 0 Å². The normalized spacial score (nSPS) is 10.7. The first-order chi connectivity index (χ1) is 14.1. The first kappa shape index (κ1) is 25.3. The number of thiophene rings is 1. The number of rotatable bonds is 17. The van der Waals surface area contributed by atoms with Crippen LogP contribution in [0.25, 0.3) is 0 Å². The third kappa shape index (κ3) is 12.5. The predicted molar refractivity (Wildman–Crippen MR) is 116 cm³/mol. The maximum Gasteiger partial charge on any atom is 0.305 e. The summed E-state index contributed by atoms with van der Waals surface area (Å²) in [6.45, 7) is 2.25. The zero-order valence-electron chi connectivity index (χ0n) is 18.0. The van der Waals surface area contributed by atoms with Gasteiger partial charge in [0.05, 0.1) is 18.6 Å². The van der Waals surface area contributed by atoms with Crippen molar-refractivity contribution in [3.8, 4) is 0 Å². The van der Waals surface area contributed by atoms with Gasteiger partial charge in [0.2, 0.25) is 0 Å². The Morgan fingerprint density at radius 3 is 2.03 bits per heavy atom. The van der Waals surface area contributed by atoms with Gasteiger partial charge < -0.3 is 9.47 Å². The fraction of sp³-hybridized carbons (Fsp3) is 0.696. The summed E-state index contributed by atoms with van der Waals surface area (Å²) in [7, 11) is 1.43. The summed E-state index contributed by atoms with van der Waals surface area (Å²) in [5, 5.41) is 0. The minimum Gasteiger partial charge on any atom is -0.469 e. The maximum absolute atomic E-state index is 12.3. The smallest absolute Gasteiger partial charge is 0.305 e. The summed E-state index contributed by atoms with van der Waals surface area (Å²) in [6, 6.07) is 4.04. The molecule has 0 unspecified atom stereocenters. The monoisotopic (exact) mass is 424 g/mol. The van der Waals surface area contributed by atoms with Gasteiger partial charge in [-0.2, -0.15) is 0 Å². The van der Waals surface area contributed by atoms with Crippen molar-refractivity contribution in [1.29, 1.82) is 0 Å². The highest BCUT2D eigenvalue weighted by Gasteiger charge is 2.09. The van der Waals surface area contributed by atoms with E-state index in [4.69, 9.17) is 4.74 Å². The molecule has 0 aromatic carbocycles. The van der Waals surface area contributed by atoms with E-state index in [1.54, 1.807) is 11.3 Å². The molecule has 0 saturated heterocycles. The molecule has 6 heteroatoms. The van der Waals surface area contributed by atoms with Gasteiger partial charge in [-0.3, -0.25) is 14.4 Å². The van der Waals surface area contributed by atoms with E-state index in [1.807, 2.05) is 13.0 Å². The molecule has 1 aromatic rings. The molecule has 0 fully saturated rings. The Morgan fingerprint density at radius 1 is 0.793 bits per heavy atom. The third-order valence-corrected chi connectivity index (χ3v) is 5.99. The number of esters is 2. The Balaban J connectivity index is 2.08. The van der Waals surface area contributed by atoms with E-state index in [0.717, 1.165) is 69.1 Å². The number of hydrogen-bond acceptors (Lipinski definition) is 6. The van der Waals surface area contributed by atoms with Gasteiger partial charge in [-0.1, -0.05) is 32.1 Å². The zero-order chi connectivity index (χ0) is 21.3. The molecule has 5 nitrogen and oxygen atoms in total. The maximum atomic E-state index is 12.3. The van der Waals surface area contributed by atoms with E-state index in [0.29, 0.717) is 25.9 Å². The molecule has 0 radical (unpaired) electrons. The van der Waals surface area contributed by atoms with Crippen LogP contribution in [0, 0.1) is 0 Å². The van der Waals surface area contributed by atoms with Gasteiger partial charge in [-0.25, -0.2) is 0 Å². The van der Waals surface area contributed by atoms with E-state index in [9.17, 15) is 14.4 Å². The Hall–Kier alpha value is -1.69. The Kier molecular flexibility index (Phi) is 14.1. The van der Waals surface area contributed by atoms with E-state index >= 15 is 0 Å². The first-order valence-electron chi connectivity index (χ1n) is 10.9. The summed E-state index contributed by atoms with van der Waals surface area (Å²) in [5.74, 6) is -0.0252. The number of ether oxygens (including phenoxy) is 2. The van der Waals surface area contributed by atoms with Crippen LogP contribution in [0.5, 0.6) is 0 Å². The topological polar surface area (TPSA) is 69.7 Å². The van der Waals surface area contributed by atoms with Gasteiger partial charge in [-0.05, 0) is 51.2 Å². The second-order valence-electron chi connectivity index (χ2n) is 7.25. The van der Waals surface area contributed by atoms with Crippen molar-refractivity contribution in [2.75, 3.05) is 13.7 Å². The molecule has 0 amide bonds. The van der Waals surface area contributed by atoms with E-state index in [1.165, 1.54) is 12.0 Å². The van der Waals surface area contributed by atoms with Crippen LogP contribution in [-0.2, 0) is 25.5 Å². The molecule has 0 atom stereocenters. The van der Waals surface area contributed by atoms with E-state index in [2.05, 4.69) is 10.8 Å². The first-order valence-corrected chi connectivity index (χ1v) is 11.7. The number of hydrogen-bond donors (Lipinski definition) is 0. The molecule has 1 heterocycles. The third-order valence-electron chi connectivity index (χ3n) is 4.81. The molecule has 1 aromatic heterocycles. The van der Waals surface area contributed by atoms with Crippen molar-refractivity contribution >= 4 is 29.1 Å². The number of ketones is 1. The van der Waals surface area contributed by atoms with Gasteiger partial charge in [0.15, 0.2) is 5.78 Å². The lowest BCUT2D eigenvalue weighted by Gasteiger charge is -2.02. The second-order valence-corrected chi connectivity index (χ2v) is 8.42. The second kappa shape index (κ2) is 16.1. The average Bonchev–Trinajstić information content (AvgIpc) is 3.18. The molecule has 0 N–H and O–H groups in total. The summed E-state index contributed by atoms with van der Waals surface area (Å²) in [6.07, 6.45) is 11.6. The van der Waals surface area contributed by atoms with Gasteiger partial charge in [0.25, 0.3) is 0 Å². The number of carbonyl (C=O) groups excluding carboxylic acids is 3. The van der Waals surface area contributed by atoms with Crippen molar-refractivity contribution in [1.82, 2.24) is 0 Å². The molecule has 164 valence electrons. The quantitative estimate of drug-likeness (QED) is 0.177. The molecule has 0 aliphatic rings. The van der Waals surface area contributed by atoms with Gasteiger partial charge >= 0.3 is 11.9 Å². The minimum absolute atomic E-state index is 0.127. The lowest BCUT2D eigenvalue weighted by molar-refractivity contribution is -0.143. The Labute approximate surface area is 179 Å². The molecule has 0 aliphatic heterocycles. The van der Waals surface area contributed by atoms with Crippen LogP contribution in [0.4, 0.5) is 0 Å². The van der Waals surface area contributed by atoms with Crippen LogP contribution in [0.3, 0.4) is 0 Å². The molecule has 0 bridgehead atoms. The number of carbonyl (C=O) groups is 3. The van der Waals surface area contributed by atoms with Crippen LogP contribution in [-0.4, -0.2) is 31.4 Å². The highest BCUT2D eigenvalue weighted by atomic mass is 32.1. The van der Waals surface area contributed by atoms with E-state index < -0.39 is 0 Å². The largest absolute Gasteiger partial charge is 0.469 e. The minimum atomic E-state index is -0.129. The molecule has 1 rings (SSSR count). The highest BCUT2D eigenvalue weighted by Crippen LogP contribution is 2.22. The average molecular weight is 425 g/mol. The highest BCUT2D eigenvalue weighted by molar-refractivity contribution is 7.14. The van der Waals surface area contributed by atoms with Gasteiger partial charge in [-0.15, -0.1) is 11.3 Å². The fourth-order valence-corrected chi connectivity index (χ4v) is 4.14. The SMILES string of the molecule is CCOC(=O)CCCCCCC(=O)c1ccc(CCCCCCCC(=O)OC)s1. The number of aryl methyl sites for hydroxylation is 1. The van der Waals surface area contributed by atoms with Gasteiger partial charge in [0.1, 0.15) is 0 Å².